The fourth-order valence-electron chi connectivity index (χ4n) is 1.36. The molecule has 1 aromatic rings. The summed E-state index contributed by atoms with van der Waals surface area (Å²) in [6.45, 7) is 0.794. The number of aromatic nitrogens is 1. The summed E-state index contributed by atoms with van der Waals surface area (Å²) in [5, 5.41) is 0. The third-order valence-electron chi connectivity index (χ3n) is 2.13. The number of halogens is 2. The van der Waals surface area contributed by atoms with Crippen LogP contribution in [0.4, 0.5) is 10.6 Å². The molecule has 1 atom stereocenters. The van der Waals surface area contributed by atoms with Crippen molar-refractivity contribution in [1.82, 2.24) is 4.98 Å². The number of hydrogen-bond acceptors (Lipinski definition) is 4. The molecule has 0 spiro atoms. The van der Waals surface area contributed by atoms with Gasteiger partial charge in [0, 0.05) is 17.2 Å². The van der Waals surface area contributed by atoms with Crippen molar-refractivity contribution < 1.29 is 9.53 Å². The highest BCUT2D eigenvalue weighted by atomic mass is 79.9. The summed E-state index contributed by atoms with van der Waals surface area (Å²) in [6, 6.07) is 3.58. The molecule has 0 saturated carbocycles. The van der Waals surface area contributed by atoms with Crippen molar-refractivity contribution in [1.29, 1.82) is 0 Å². The molecular formula is C9H11BrClN3O2. The van der Waals surface area contributed by atoms with Gasteiger partial charge in [-0.15, -0.1) is 12.4 Å². The van der Waals surface area contributed by atoms with Gasteiger partial charge in [0.1, 0.15) is 11.9 Å². The number of ether oxygens (including phenoxy) is 1. The van der Waals surface area contributed by atoms with Crippen molar-refractivity contribution in [3.8, 4) is 0 Å². The fourth-order valence-corrected chi connectivity index (χ4v) is 1.59. The molecule has 2 rings (SSSR count). The van der Waals surface area contributed by atoms with Crippen molar-refractivity contribution in [2.24, 2.45) is 5.73 Å². The highest BCUT2D eigenvalue weighted by Crippen LogP contribution is 2.20. The van der Waals surface area contributed by atoms with Crippen LogP contribution < -0.4 is 10.6 Å². The van der Waals surface area contributed by atoms with Crippen LogP contribution in [-0.4, -0.2) is 30.3 Å². The molecule has 5 nitrogen and oxygen atoms in total. The normalized spacial score (nSPS) is 19.2. The first-order valence-electron chi connectivity index (χ1n) is 4.50. The van der Waals surface area contributed by atoms with Gasteiger partial charge in [0.2, 0.25) is 0 Å². The van der Waals surface area contributed by atoms with Crippen molar-refractivity contribution in [3.63, 3.8) is 0 Å². The van der Waals surface area contributed by atoms with Gasteiger partial charge in [-0.2, -0.15) is 0 Å². The van der Waals surface area contributed by atoms with Crippen LogP contribution in [0.2, 0.25) is 0 Å². The molecule has 88 valence electrons. The Hall–Kier alpha value is -0.850. The van der Waals surface area contributed by atoms with Crippen molar-refractivity contribution in [2.75, 3.05) is 18.0 Å². The maximum absolute atomic E-state index is 11.4. The molecule has 1 aliphatic rings. The first-order chi connectivity index (χ1) is 7.20. The first kappa shape index (κ1) is 13.2. The molecule has 16 heavy (non-hydrogen) atoms. The molecule has 1 aromatic heterocycles. The Kier molecular flexibility index (Phi) is 4.52. The first-order valence-corrected chi connectivity index (χ1v) is 5.30. The number of cyclic esters (lactones) is 1. The Bertz CT molecular complexity index is 374. The lowest BCUT2D eigenvalue weighted by Crippen LogP contribution is -2.27. The lowest BCUT2D eigenvalue weighted by atomic mass is 10.3. The zero-order valence-electron chi connectivity index (χ0n) is 8.30. The molecule has 0 bridgehead atoms. The number of amides is 1. The molecule has 2 heterocycles. The van der Waals surface area contributed by atoms with Crippen LogP contribution in [0.5, 0.6) is 0 Å². The number of nitrogens with zero attached hydrogens (tertiary/aromatic N) is 2. The molecule has 7 heteroatoms. The van der Waals surface area contributed by atoms with Crippen LogP contribution in [-0.2, 0) is 4.74 Å². The van der Waals surface area contributed by atoms with Gasteiger partial charge in [0.25, 0.3) is 0 Å². The van der Waals surface area contributed by atoms with Crippen molar-refractivity contribution in [3.05, 3.63) is 22.8 Å². The molecule has 1 saturated heterocycles. The predicted molar refractivity (Wildman–Crippen MR) is 65.9 cm³/mol. The molecular weight excluding hydrogens is 297 g/mol. The van der Waals surface area contributed by atoms with Crippen LogP contribution in [0.1, 0.15) is 0 Å². The van der Waals surface area contributed by atoms with E-state index >= 15 is 0 Å². The summed E-state index contributed by atoms with van der Waals surface area (Å²) in [7, 11) is 0. The number of carbonyl (C=O) groups is 1. The average molecular weight is 309 g/mol. The summed E-state index contributed by atoms with van der Waals surface area (Å²) in [6.07, 6.45) is 1.02. The van der Waals surface area contributed by atoms with E-state index in [0.717, 1.165) is 4.47 Å². The topological polar surface area (TPSA) is 68.5 Å². The van der Waals surface area contributed by atoms with Crippen LogP contribution >= 0.6 is 28.3 Å². The quantitative estimate of drug-likeness (QED) is 0.900. The molecule has 2 N–H and O–H groups in total. The molecule has 1 amide bonds. The van der Waals surface area contributed by atoms with Gasteiger partial charge in [-0.05, 0) is 28.1 Å². The van der Waals surface area contributed by atoms with Gasteiger partial charge < -0.3 is 10.5 Å². The Morgan fingerprint density at radius 1 is 1.62 bits per heavy atom. The smallest absolute Gasteiger partial charge is 0.415 e. The summed E-state index contributed by atoms with van der Waals surface area (Å²) in [5.41, 5.74) is 5.43. The van der Waals surface area contributed by atoms with Gasteiger partial charge >= 0.3 is 6.09 Å². The number of rotatable bonds is 2. The second-order valence-electron chi connectivity index (χ2n) is 3.19. The molecule has 0 aliphatic carbocycles. The second-order valence-corrected chi connectivity index (χ2v) is 4.10. The minimum atomic E-state index is -0.389. The van der Waals surface area contributed by atoms with Gasteiger partial charge in [-0.3, -0.25) is 4.90 Å². The summed E-state index contributed by atoms with van der Waals surface area (Å²) in [5.74, 6) is 0.583. The van der Waals surface area contributed by atoms with Crippen molar-refractivity contribution in [2.45, 2.75) is 6.10 Å². The molecule has 1 aliphatic heterocycles. The van der Waals surface area contributed by atoms with Gasteiger partial charge in [0.05, 0.1) is 6.54 Å². The minimum absolute atomic E-state index is 0. The average Bonchev–Trinajstić information content (AvgIpc) is 2.61. The van der Waals surface area contributed by atoms with E-state index < -0.39 is 0 Å². The Morgan fingerprint density at radius 3 is 2.88 bits per heavy atom. The maximum atomic E-state index is 11.4. The van der Waals surface area contributed by atoms with E-state index in [2.05, 4.69) is 20.9 Å². The lowest BCUT2D eigenvalue weighted by Gasteiger charge is -2.10. The van der Waals surface area contributed by atoms with Gasteiger partial charge in [-0.25, -0.2) is 9.78 Å². The number of pyridine rings is 1. The number of hydrogen-bond donors (Lipinski definition) is 1. The van der Waals surface area contributed by atoms with E-state index in [9.17, 15) is 4.79 Å². The van der Waals surface area contributed by atoms with Gasteiger partial charge in [0.15, 0.2) is 0 Å². The highest BCUT2D eigenvalue weighted by molar-refractivity contribution is 9.10. The molecule has 1 fully saturated rings. The Labute approximate surface area is 108 Å². The third kappa shape index (κ3) is 2.63. The molecule has 0 unspecified atom stereocenters. The van der Waals surface area contributed by atoms with E-state index in [1.165, 1.54) is 4.90 Å². The Morgan fingerprint density at radius 2 is 2.38 bits per heavy atom. The summed E-state index contributed by atoms with van der Waals surface area (Å²) in [4.78, 5) is 17.0. The summed E-state index contributed by atoms with van der Waals surface area (Å²) < 4.78 is 5.89. The van der Waals surface area contributed by atoms with Crippen LogP contribution in [0.15, 0.2) is 22.8 Å². The fraction of sp³-hybridized carbons (Fsp3) is 0.333. The zero-order valence-corrected chi connectivity index (χ0v) is 10.7. The number of nitrogens with two attached hydrogens (primary N) is 1. The van der Waals surface area contributed by atoms with E-state index in [4.69, 9.17) is 10.5 Å². The predicted octanol–water partition coefficient (Wildman–Crippen LogP) is 1.55. The van der Waals surface area contributed by atoms with Gasteiger partial charge in [-0.1, -0.05) is 0 Å². The monoisotopic (exact) mass is 307 g/mol. The van der Waals surface area contributed by atoms with Crippen LogP contribution in [0.25, 0.3) is 0 Å². The highest BCUT2D eigenvalue weighted by Gasteiger charge is 2.31. The largest absolute Gasteiger partial charge is 0.443 e. The number of carbonyl (C=O) groups excluding carboxylic acids is 1. The zero-order chi connectivity index (χ0) is 10.8. The minimum Gasteiger partial charge on any atom is -0.443 e. The summed E-state index contributed by atoms with van der Waals surface area (Å²) >= 11 is 3.28. The Balaban J connectivity index is 0.00000128. The SMILES string of the molecule is Cl.NC[C@@H]1CN(c2ccc(Br)cn2)C(=O)O1. The van der Waals surface area contributed by atoms with E-state index in [1.807, 2.05) is 6.07 Å². The van der Waals surface area contributed by atoms with E-state index in [0.29, 0.717) is 18.9 Å². The molecule has 0 aromatic carbocycles. The van der Waals surface area contributed by atoms with E-state index in [-0.39, 0.29) is 24.6 Å². The van der Waals surface area contributed by atoms with Crippen LogP contribution in [0, 0.1) is 0 Å². The molecule has 0 radical (unpaired) electrons. The lowest BCUT2D eigenvalue weighted by molar-refractivity contribution is 0.145. The maximum Gasteiger partial charge on any atom is 0.415 e. The number of anilines is 1. The van der Waals surface area contributed by atoms with Crippen molar-refractivity contribution >= 4 is 40.2 Å². The second kappa shape index (κ2) is 5.47. The van der Waals surface area contributed by atoms with E-state index in [1.54, 1.807) is 12.3 Å². The third-order valence-corrected chi connectivity index (χ3v) is 2.59. The van der Waals surface area contributed by atoms with Crippen LogP contribution in [0.3, 0.4) is 0 Å². The standard InChI is InChI=1S/C9H10BrN3O2.ClH/c10-6-1-2-8(12-4-6)13-5-7(3-11)15-9(13)14;/h1-2,4,7H,3,5,11H2;1H/t7-;/m1./s1.